The SMILES string of the molecule is CC(C)CCNc1ncccc1C(=O)N1CCN(Cc2ccccc2)[C@@H](C)C1. The van der Waals surface area contributed by atoms with Crippen LogP contribution in [0.5, 0.6) is 0 Å². The number of hydrogen-bond donors (Lipinski definition) is 1. The molecule has 0 bridgehead atoms. The molecule has 0 unspecified atom stereocenters. The molecule has 1 atom stereocenters. The maximum Gasteiger partial charge on any atom is 0.257 e. The molecule has 1 aromatic heterocycles. The fraction of sp³-hybridized carbons (Fsp3) is 0.478. The Bertz CT molecular complexity index is 762. The Hall–Kier alpha value is -2.40. The molecule has 5 nitrogen and oxygen atoms in total. The smallest absolute Gasteiger partial charge is 0.257 e. The fourth-order valence-corrected chi connectivity index (χ4v) is 3.60. The largest absolute Gasteiger partial charge is 0.369 e. The number of nitrogens with one attached hydrogen (secondary N) is 1. The van der Waals surface area contributed by atoms with Gasteiger partial charge >= 0.3 is 0 Å². The maximum absolute atomic E-state index is 13.2. The summed E-state index contributed by atoms with van der Waals surface area (Å²) in [5.41, 5.74) is 1.99. The monoisotopic (exact) mass is 380 g/mol. The summed E-state index contributed by atoms with van der Waals surface area (Å²) in [7, 11) is 0. The van der Waals surface area contributed by atoms with Crippen LogP contribution in [0.15, 0.2) is 48.7 Å². The molecule has 1 aromatic carbocycles. The topological polar surface area (TPSA) is 48.5 Å². The average molecular weight is 381 g/mol. The van der Waals surface area contributed by atoms with Gasteiger partial charge in [-0.25, -0.2) is 4.98 Å². The lowest BCUT2D eigenvalue weighted by Gasteiger charge is -2.40. The van der Waals surface area contributed by atoms with E-state index in [4.69, 9.17) is 0 Å². The number of anilines is 1. The number of aromatic nitrogens is 1. The third-order valence-electron chi connectivity index (χ3n) is 5.33. The van der Waals surface area contributed by atoms with Gasteiger partial charge in [0.25, 0.3) is 5.91 Å². The normalized spacial score (nSPS) is 17.7. The summed E-state index contributed by atoms with van der Waals surface area (Å²) in [5, 5.41) is 3.35. The molecule has 0 aliphatic carbocycles. The summed E-state index contributed by atoms with van der Waals surface area (Å²) in [6, 6.07) is 14.6. The van der Waals surface area contributed by atoms with Crippen molar-refractivity contribution in [3.8, 4) is 0 Å². The van der Waals surface area contributed by atoms with Crippen molar-refractivity contribution in [3.05, 3.63) is 59.8 Å². The Morgan fingerprint density at radius 2 is 1.96 bits per heavy atom. The van der Waals surface area contributed by atoms with Gasteiger partial charge in [0.15, 0.2) is 0 Å². The van der Waals surface area contributed by atoms with E-state index >= 15 is 0 Å². The Kier molecular flexibility index (Phi) is 7.04. The van der Waals surface area contributed by atoms with Gasteiger partial charge < -0.3 is 10.2 Å². The number of hydrogen-bond acceptors (Lipinski definition) is 4. The molecule has 2 heterocycles. The van der Waals surface area contributed by atoms with Gasteiger partial charge in [-0.3, -0.25) is 9.69 Å². The summed E-state index contributed by atoms with van der Waals surface area (Å²) in [5.74, 6) is 1.40. The van der Waals surface area contributed by atoms with E-state index in [-0.39, 0.29) is 5.91 Å². The van der Waals surface area contributed by atoms with Gasteiger partial charge in [-0.15, -0.1) is 0 Å². The Labute approximate surface area is 168 Å². The van der Waals surface area contributed by atoms with E-state index < -0.39 is 0 Å². The van der Waals surface area contributed by atoms with Crippen LogP contribution in [0.3, 0.4) is 0 Å². The van der Waals surface area contributed by atoms with Crippen LogP contribution in [0.25, 0.3) is 0 Å². The molecule has 150 valence electrons. The van der Waals surface area contributed by atoms with Crippen molar-refractivity contribution in [1.29, 1.82) is 0 Å². The number of piperazine rings is 1. The van der Waals surface area contributed by atoms with Crippen molar-refractivity contribution < 1.29 is 4.79 Å². The van der Waals surface area contributed by atoms with Crippen LogP contribution in [0, 0.1) is 5.92 Å². The summed E-state index contributed by atoms with van der Waals surface area (Å²) in [6.45, 7) is 10.7. The zero-order valence-electron chi connectivity index (χ0n) is 17.3. The highest BCUT2D eigenvalue weighted by Crippen LogP contribution is 2.19. The molecule has 1 saturated heterocycles. The van der Waals surface area contributed by atoms with Crippen LogP contribution in [0.1, 0.15) is 43.1 Å². The van der Waals surface area contributed by atoms with Crippen molar-refractivity contribution >= 4 is 11.7 Å². The molecule has 0 saturated carbocycles. The van der Waals surface area contributed by atoms with E-state index in [1.54, 1.807) is 6.20 Å². The van der Waals surface area contributed by atoms with E-state index in [9.17, 15) is 4.79 Å². The molecule has 28 heavy (non-hydrogen) atoms. The van der Waals surface area contributed by atoms with E-state index in [1.165, 1.54) is 5.56 Å². The number of rotatable bonds is 7. The van der Waals surface area contributed by atoms with Crippen LogP contribution in [-0.4, -0.2) is 52.9 Å². The summed E-state index contributed by atoms with van der Waals surface area (Å²) in [4.78, 5) is 22.0. The van der Waals surface area contributed by atoms with Crippen LogP contribution < -0.4 is 5.32 Å². The Balaban J connectivity index is 1.61. The number of nitrogens with zero attached hydrogens (tertiary/aromatic N) is 3. The van der Waals surface area contributed by atoms with Gasteiger partial charge in [-0.1, -0.05) is 44.2 Å². The van der Waals surface area contributed by atoms with Crippen molar-refractivity contribution in [2.24, 2.45) is 5.92 Å². The van der Waals surface area contributed by atoms with Crippen molar-refractivity contribution in [3.63, 3.8) is 0 Å². The quantitative estimate of drug-likeness (QED) is 0.792. The van der Waals surface area contributed by atoms with Gasteiger partial charge in [0, 0.05) is 45.0 Å². The van der Waals surface area contributed by atoms with E-state index in [1.807, 2.05) is 23.1 Å². The molecule has 1 amide bonds. The third kappa shape index (κ3) is 5.32. The molecule has 0 spiro atoms. The molecule has 2 aromatic rings. The number of carbonyl (C=O) groups excluding carboxylic acids is 1. The Morgan fingerprint density at radius 1 is 1.18 bits per heavy atom. The first-order valence-corrected chi connectivity index (χ1v) is 10.3. The van der Waals surface area contributed by atoms with Gasteiger partial charge in [0.05, 0.1) is 5.56 Å². The van der Waals surface area contributed by atoms with Crippen molar-refractivity contribution in [2.75, 3.05) is 31.5 Å². The lowest BCUT2D eigenvalue weighted by Crippen LogP contribution is -2.53. The molecular formula is C23H32N4O. The first kappa shape index (κ1) is 20.3. The minimum absolute atomic E-state index is 0.0753. The molecule has 0 radical (unpaired) electrons. The lowest BCUT2D eigenvalue weighted by molar-refractivity contribution is 0.0496. The second-order valence-electron chi connectivity index (χ2n) is 8.07. The zero-order valence-corrected chi connectivity index (χ0v) is 17.3. The van der Waals surface area contributed by atoms with Gasteiger partial charge in [0.1, 0.15) is 5.82 Å². The first-order chi connectivity index (χ1) is 13.5. The Morgan fingerprint density at radius 3 is 2.68 bits per heavy atom. The number of carbonyl (C=O) groups is 1. The van der Waals surface area contributed by atoms with Gasteiger partial charge in [0.2, 0.25) is 0 Å². The minimum Gasteiger partial charge on any atom is -0.369 e. The lowest BCUT2D eigenvalue weighted by atomic mass is 10.1. The number of pyridine rings is 1. The number of amides is 1. The second kappa shape index (κ2) is 9.69. The molecular weight excluding hydrogens is 348 g/mol. The highest BCUT2D eigenvalue weighted by Gasteiger charge is 2.28. The van der Waals surface area contributed by atoms with Crippen LogP contribution in [0.4, 0.5) is 5.82 Å². The molecule has 1 aliphatic rings. The fourth-order valence-electron chi connectivity index (χ4n) is 3.60. The first-order valence-electron chi connectivity index (χ1n) is 10.3. The van der Waals surface area contributed by atoms with E-state index in [0.717, 1.165) is 39.1 Å². The highest BCUT2D eigenvalue weighted by atomic mass is 16.2. The standard InChI is InChI=1S/C23H32N4O/c1-18(2)11-13-25-22-21(10-7-12-24-22)23(28)27-15-14-26(19(3)16-27)17-20-8-5-4-6-9-20/h4-10,12,18-19H,11,13-17H2,1-3H3,(H,24,25)/t19-/m0/s1. The van der Waals surface area contributed by atoms with E-state index in [0.29, 0.717) is 23.3 Å². The third-order valence-corrected chi connectivity index (χ3v) is 5.33. The number of benzene rings is 1. The van der Waals surface area contributed by atoms with Crippen LogP contribution in [0.2, 0.25) is 0 Å². The van der Waals surface area contributed by atoms with Gasteiger partial charge in [-0.05, 0) is 37.0 Å². The molecule has 5 heteroatoms. The van der Waals surface area contributed by atoms with E-state index in [2.05, 4.69) is 60.2 Å². The highest BCUT2D eigenvalue weighted by molar-refractivity contribution is 5.98. The predicted molar refractivity (Wildman–Crippen MR) is 114 cm³/mol. The average Bonchev–Trinajstić information content (AvgIpc) is 2.70. The maximum atomic E-state index is 13.2. The predicted octanol–water partition coefficient (Wildman–Crippen LogP) is 3.89. The van der Waals surface area contributed by atoms with Crippen molar-refractivity contribution in [1.82, 2.24) is 14.8 Å². The summed E-state index contributed by atoms with van der Waals surface area (Å²) < 4.78 is 0. The zero-order chi connectivity index (χ0) is 19.9. The van der Waals surface area contributed by atoms with Crippen LogP contribution >= 0.6 is 0 Å². The summed E-state index contributed by atoms with van der Waals surface area (Å²) >= 11 is 0. The molecule has 1 aliphatic heterocycles. The van der Waals surface area contributed by atoms with Crippen molar-refractivity contribution in [2.45, 2.75) is 39.8 Å². The summed E-state index contributed by atoms with van der Waals surface area (Å²) in [6.07, 6.45) is 2.80. The molecule has 1 fully saturated rings. The molecule has 1 N–H and O–H groups in total. The van der Waals surface area contributed by atoms with Crippen LogP contribution in [-0.2, 0) is 6.54 Å². The second-order valence-corrected chi connectivity index (χ2v) is 8.07. The van der Waals surface area contributed by atoms with Gasteiger partial charge in [-0.2, -0.15) is 0 Å². The minimum atomic E-state index is 0.0753. The molecule has 3 rings (SSSR count).